The predicted molar refractivity (Wildman–Crippen MR) is 110 cm³/mol. The van der Waals surface area contributed by atoms with Crippen molar-refractivity contribution in [2.75, 3.05) is 5.83 Å². The molecule has 0 saturated heterocycles. The molecule has 0 atom stereocenters. The third-order valence-corrected chi connectivity index (χ3v) is 3.65. The van der Waals surface area contributed by atoms with E-state index in [4.69, 9.17) is 5.26 Å². The third-order valence-electron chi connectivity index (χ3n) is 3.65. The smallest absolute Gasteiger partial charge is 0.179 e. The molecule has 0 aliphatic carbocycles. The number of allylic oxidation sites excluding steroid dienone is 3. The zero-order chi connectivity index (χ0) is 18.5. The molecule has 2 rings (SSSR count). The van der Waals surface area contributed by atoms with Crippen molar-refractivity contribution in [1.29, 1.82) is 5.26 Å². The second kappa shape index (κ2) is 12.0. The molecule has 0 spiro atoms. The molecule has 0 aromatic heterocycles. The lowest BCUT2D eigenvalue weighted by atomic mass is 10.0. The summed E-state index contributed by atoms with van der Waals surface area (Å²) < 4.78 is 0. The minimum Gasteiger partial charge on any atom is -0.241 e. The van der Waals surface area contributed by atoms with E-state index in [1.807, 2.05) is 61.3 Å². The highest BCUT2D eigenvalue weighted by molar-refractivity contribution is 9.08. The Hall–Kier alpha value is -2.44. The summed E-state index contributed by atoms with van der Waals surface area (Å²) in [6.45, 7) is 6.56. The highest BCUT2D eigenvalue weighted by Gasteiger charge is 2.07. The van der Waals surface area contributed by atoms with Gasteiger partial charge in [0.1, 0.15) is 0 Å². The first kappa shape index (κ1) is 20.6. The largest absolute Gasteiger partial charge is 0.241 e. The van der Waals surface area contributed by atoms with Crippen LogP contribution >= 0.6 is 15.9 Å². The zero-order valence-electron chi connectivity index (χ0n) is 14.8. The fourth-order valence-corrected chi connectivity index (χ4v) is 2.34. The Kier molecular flexibility index (Phi) is 9.89. The number of nitrogens with zero attached hydrogens (tertiary/aromatic N) is 1. The van der Waals surface area contributed by atoms with E-state index in [1.54, 1.807) is 6.08 Å². The highest BCUT2D eigenvalue weighted by atomic mass is 79.9. The first-order valence-corrected chi connectivity index (χ1v) is 9.61. The van der Waals surface area contributed by atoms with Crippen LogP contribution in [0.15, 0.2) is 73.3 Å². The average molecular weight is 396 g/mol. The second-order valence-corrected chi connectivity index (χ2v) is 5.39. The first-order valence-electron chi connectivity index (χ1n) is 8.03. The quantitative estimate of drug-likeness (QED) is 0.449. The molecule has 128 valence electrons. The maximum atomic E-state index is 8.97. The summed E-state index contributed by atoms with van der Waals surface area (Å²) in [7, 11) is 0. The van der Waals surface area contributed by atoms with Crippen LogP contribution in [0.4, 0.5) is 0 Å². The number of nitriles is 1. The average Bonchev–Trinajstić information content (AvgIpc) is 2.67. The lowest BCUT2D eigenvalue weighted by molar-refractivity contribution is -0.475. The van der Waals surface area contributed by atoms with Crippen LogP contribution < -0.4 is 4.99 Å². The number of halogens is 1. The Morgan fingerprint density at radius 2 is 1.92 bits per heavy atom. The van der Waals surface area contributed by atoms with Gasteiger partial charge >= 0.3 is 0 Å². The fourth-order valence-electron chi connectivity index (χ4n) is 2.34. The van der Waals surface area contributed by atoms with Crippen LogP contribution in [0.3, 0.4) is 0 Å². The molecule has 2 aromatic rings. The van der Waals surface area contributed by atoms with E-state index in [0.29, 0.717) is 5.56 Å². The van der Waals surface area contributed by atoms with Crippen LogP contribution in [0.2, 0.25) is 0 Å². The Morgan fingerprint density at radius 3 is 2.52 bits per heavy atom. The standard InChI is InChI=1S/C21H20N2.CH3Br/c1-3-4-10-21(23-16-18-8-6-5-7-9-18)14-20-12-11-19(15-22)13-17(20)2;1-2/h3-13H,1,14,16H2,2H3;1H3/p+1/b10-4-,23-21?;. The van der Waals surface area contributed by atoms with E-state index in [9.17, 15) is 0 Å². The van der Waals surface area contributed by atoms with Crippen molar-refractivity contribution in [3.05, 3.63) is 95.6 Å². The second-order valence-electron chi connectivity index (χ2n) is 5.39. The number of hydrogen-bond donors (Lipinski definition) is 1. The van der Waals surface area contributed by atoms with Crippen molar-refractivity contribution < 1.29 is 4.99 Å². The topological polar surface area (TPSA) is 37.8 Å². The zero-order valence-corrected chi connectivity index (χ0v) is 16.4. The van der Waals surface area contributed by atoms with Crippen molar-refractivity contribution in [3.63, 3.8) is 0 Å². The van der Waals surface area contributed by atoms with Crippen molar-refractivity contribution in [1.82, 2.24) is 0 Å². The van der Waals surface area contributed by atoms with Gasteiger partial charge in [-0.05, 0) is 36.0 Å². The van der Waals surface area contributed by atoms with E-state index in [2.05, 4.69) is 45.7 Å². The number of aryl methyl sites for hydroxylation is 1. The summed E-state index contributed by atoms with van der Waals surface area (Å²) in [4.78, 5) is 3.49. The molecule has 25 heavy (non-hydrogen) atoms. The maximum Gasteiger partial charge on any atom is 0.179 e. The molecule has 0 aliphatic heterocycles. The summed E-state index contributed by atoms with van der Waals surface area (Å²) in [5.74, 6) is 1.81. The van der Waals surface area contributed by atoms with Gasteiger partial charge in [-0.1, -0.05) is 71.1 Å². The number of alkyl halides is 1. The SMILES string of the molecule is C=C/C=C\C(Cc1ccc(C#N)cc1C)=[NH+]Cc1ccccc1.CBr. The number of nitrogens with one attached hydrogen (secondary N) is 1. The molecule has 2 nitrogen and oxygen atoms in total. The molecule has 0 radical (unpaired) electrons. The molecule has 0 heterocycles. The monoisotopic (exact) mass is 395 g/mol. The normalized spacial score (nSPS) is 10.7. The van der Waals surface area contributed by atoms with Gasteiger partial charge in [0.15, 0.2) is 12.3 Å². The minimum absolute atomic E-state index is 0.701. The van der Waals surface area contributed by atoms with Crippen molar-refractivity contribution in [3.8, 4) is 6.07 Å². The number of benzene rings is 2. The van der Waals surface area contributed by atoms with Crippen molar-refractivity contribution >= 4 is 21.6 Å². The van der Waals surface area contributed by atoms with Crippen LogP contribution in [0.5, 0.6) is 0 Å². The fraction of sp³-hybridized carbons (Fsp3) is 0.182. The highest BCUT2D eigenvalue weighted by Crippen LogP contribution is 2.11. The van der Waals surface area contributed by atoms with E-state index in [-0.39, 0.29) is 0 Å². The van der Waals surface area contributed by atoms with E-state index >= 15 is 0 Å². The van der Waals surface area contributed by atoms with Gasteiger partial charge in [-0.2, -0.15) is 5.26 Å². The summed E-state index contributed by atoms with van der Waals surface area (Å²) >= 11 is 2.94. The predicted octanol–water partition coefficient (Wildman–Crippen LogP) is 3.88. The summed E-state index contributed by atoms with van der Waals surface area (Å²) in [6, 6.07) is 18.3. The van der Waals surface area contributed by atoms with Crippen LogP contribution in [-0.4, -0.2) is 11.5 Å². The van der Waals surface area contributed by atoms with Gasteiger partial charge in [-0.3, -0.25) is 0 Å². The molecule has 0 aliphatic rings. The molecular weight excluding hydrogens is 372 g/mol. The van der Waals surface area contributed by atoms with Crippen LogP contribution in [-0.2, 0) is 13.0 Å². The van der Waals surface area contributed by atoms with Gasteiger partial charge in [-0.15, -0.1) is 0 Å². The molecule has 1 N–H and O–H groups in total. The Morgan fingerprint density at radius 1 is 1.20 bits per heavy atom. The Balaban J connectivity index is 0.00000151. The van der Waals surface area contributed by atoms with Gasteiger partial charge < -0.3 is 0 Å². The summed E-state index contributed by atoms with van der Waals surface area (Å²) in [5.41, 5.74) is 5.42. The maximum absolute atomic E-state index is 8.97. The molecule has 0 bridgehead atoms. The molecule has 0 saturated carbocycles. The van der Waals surface area contributed by atoms with Gasteiger partial charge in [-0.25, -0.2) is 4.99 Å². The van der Waals surface area contributed by atoms with Crippen LogP contribution in [0.1, 0.15) is 22.3 Å². The molecule has 0 fully saturated rings. The van der Waals surface area contributed by atoms with Gasteiger partial charge in [0.25, 0.3) is 0 Å². The molecular formula is C22H24BrN2+. The molecule has 0 unspecified atom stereocenters. The summed E-state index contributed by atoms with van der Waals surface area (Å²) in [6.07, 6.45) is 6.56. The number of rotatable bonds is 6. The molecule has 3 heteroatoms. The van der Waals surface area contributed by atoms with Gasteiger partial charge in [0.05, 0.1) is 18.1 Å². The summed E-state index contributed by atoms with van der Waals surface area (Å²) in [5, 5.41) is 8.97. The van der Waals surface area contributed by atoms with E-state index in [0.717, 1.165) is 24.2 Å². The molecule has 0 amide bonds. The van der Waals surface area contributed by atoms with Crippen LogP contribution in [0.25, 0.3) is 0 Å². The van der Waals surface area contributed by atoms with Crippen molar-refractivity contribution in [2.45, 2.75) is 19.9 Å². The third kappa shape index (κ3) is 7.32. The van der Waals surface area contributed by atoms with E-state index < -0.39 is 0 Å². The van der Waals surface area contributed by atoms with Gasteiger partial charge in [0, 0.05) is 11.6 Å². The van der Waals surface area contributed by atoms with Gasteiger partial charge in [0.2, 0.25) is 0 Å². The van der Waals surface area contributed by atoms with Crippen LogP contribution in [0, 0.1) is 18.3 Å². The number of hydrogen-bond acceptors (Lipinski definition) is 1. The van der Waals surface area contributed by atoms with E-state index in [1.165, 1.54) is 11.1 Å². The Labute approximate surface area is 159 Å². The first-order chi connectivity index (χ1) is 12.2. The Bertz CT molecular complexity index is 768. The molecule has 2 aromatic carbocycles. The minimum atomic E-state index is 0.701. The van der Waals surface area contributed by atoms with Crippen molar-refractivity contribution in [2.24, 2.45) is 0 Å². The lowest BCUT2D eigenvalue weighted by Gasteiger charge is -2.04. The lowest BCUT2D eigenvalue weighted by Crippen LogP contribution is -2.71.